The van der Waals surface area contributed by atoms with Crippen LogP contribution in [0, 0.1) is 0 Å². The van der Waals surface area contributed by atoms with E-state index >= 15 is 0 Å². The highest BCUT2D eigenvalue weighted by atomic mass is 32.1. The summed E-state index contributed by atoms with van der Waals surface area (Å²) in [6, 6.07) is 4.88. The van der Waals surface area contributed by atoms with Crippen molar-refractivity contribution in [1.82, 2.24) is 10.4 Å². The largest absolute Gasteiger partial charge is 0.476 e. The predicted octanol–water partition coefficient (Wildman–Crippen LogP) is 2.30. The SMILES string of the molecule is CO/N=C(/C(=O)O)c1csc(/N=C2/C[C@@H](c3ccco3)N(C(C)=O)N2)c1. The lowest BCUT2D eigenvalue weighted by molar-refractivity contribution is -0.132. The van der Waals surface area contributed by atoms with Crippen molar-refractivity contribution in [3.63, 3.8) is 0 Å². The molecular formula is C16H16N4O5S. The molecule has 0 unspecified atom stereocenters. The van der Waals surface area contributed by atoms with E-state index in [-0.39, 0.29) is 17.7 Å². The Balaban J connectivity index is 1.84. The van der Waals surface area contributed by atoms with Gasteiger partial charge < -0.3 is 14.4 Å². The maximum Gasteiger partial charge on any atom is 0.358 e. The van der Waals surface area contributed by atoms with Crippen LogP contribution in [-0.2, 0) is 14.4 Å². The van der Waals surface area contributed by atoms with Gasteiger partial charge in [-0.25, -0.2) is 14.8 Å². The van der Waals surface area contributed by atoms with E-state index in [0.717, 1.165) is 0 Å². The number of hydrogen-bond acceptors (Lipinski definition) is 7. The molecule has 2 aromatic rings. The highest BCUT2D eigenvalue weighted by Crippen LogP contribution is 2.31. The first kappa shape index (κ1) is 17.7. The van der Waals surface area contributed by atoms with Crippen molar-refractivity contribution in [1.29, 1.82) is 0 Å². The second-order valence-corrected chi connectivity index (χ2v) is 6.29. The molecule has 0 radical (unpaired) electrons. The van der Waals surface area contributed by atoms with E-state index in [1.54, 1.807) is 29.8 Å². The molecule has 0 aromatic carbocycles. The van der Waals surface area contributed by atoms with Crippen LogP contribution in [0.15, 0.2) is 44.4 Å². The summed E-state index contributed by atoms with van der Waals surface area (Å²) in [5, 5.41) is 16.4. The lowest BCUT2D eigenvalue weighted by Crippen LogP contribution is -2.38. The second kappa shape index (κ2) is 7.40. The molecule has 2 N–H and O–H groups in total. The minimum absolute atomic E-state index is 0.163. The van der Waals surface area contributed by atoms with E-state index in [4.69, 9.17) is 4.42 Å². The van der Waals surface area contributed by atoms with Crippen LogP contribution in [0.4, 0.5) is 5.00 Å². The Kier molecular flexibility index (Phi) is 5.03. The lowest BCUT2D eigenvalue weighted by atomic mass is 10.1. The Hall–Kier alpha value is -3.14. The zero-order valence-electron chi connectivity index (χ0n) is 14.0. The van der Waals surface area contributed by atoms with E-state index < -0.39 is 5.97 Å². The molecular weight excluding hydrogens is 360 g/mol. The lowest BCUT2D eigenvalue weighted by Gasteiger charge is -2.20. The third kappa shape index (κ3) is 3.59. The standard InChI is InChI=1S/C16H16N4O5S/c1-9(21)20-11(12-4-3-5-25-12)7-13(18-20)17-14-6-10(8-26-14)15(16(22)23)19-24-2/h3-6,8,11H,7H2,1-2H3,(H,17,18)(H,22,23)/b19-15+/t11-/m0/s1. The van der Waals surface area contributed by atoms with Crippen molar-refractivity contribution in [2.24, 2.45) is 10.1 Å². The number of nitrogens with one attached hydrogen (secondary N) is 1. The summed E-state index contributed by atoms with van der Waals surface area (Å²) in [4.78, 5) is 32.1. The number of carbonyl (C=O) groups is 2. The van der Waals surface area contributed by atoms with Crippen LogP contribution >= 0.6 is 11.3 Å². The fraction of sp³-hybridized carbons (Fsp3) is 0.250. The first-order valence-electron chi connectivity index (χ1n) is 7.60. The summed E-state index contributed by atoms with van der Waals surface area (Å²) in [7, 11) is 1.28. The molecule has 0 spiro atoms. The molecule has 0 bridgehead atoms. The third-order valence-electron chi connectivity index (χ3n) is 3.65. The van der Waals surface area contributed by atoms with Gasteiger partial charge in [0.25, 0.3) is 0 Å². The Bertz CT molecular complexity index is 871. The highest BCUT2D eigenvalue weighted by molar-refractivity contribution is 7.14. The molecule has 0 saturated carbocycles. The quantitative estimate of drug-likeness (QED) is 0.611. The van der Waals surface area contributed by atoms with Gasteiger partial charge in [0, 0.05) is 24.3 Å². The first-order valence-corrected chi connectivity index (χ1v) is 8.48. The summed E-state index contributed by atoms with van der Waals surface area (Å²) in [6.07, 6.45) is 2.01. The third-order valence-corrected chi connectivity index (χ3v) is 4.47. The Labute approximate surface area is 152 Å². The van der Waals surface area contributed by atoms with E-state index in [2.05, 4.69) is 20.4 Å². The van der Waals surface area contributed by atoms with Crippen molar-refractivity contribution < 1.29 is 24.0 Å². The number of hydrazine groups is 1. The number of amidine groups is 1. The molecule has 1 aliphatic rings. The van der Waals surface area contributed by atoms with Crippen molar-refractivity contribution in [2.45, 2.75) is 19.4 Å². The molecule has 26 heavy (non-hydrogen) atoms. The average molecular weight is 376 g/mol. The molecule has 2 aromatic heterocycles. The zero-order valence-corrected chi connectivity index (χ0v) is 14.8. The van der Waals surface area contributed by atoms with Gasteiger partial charge in [-0.2, -0.15) is 0 Å². The van der Waals surface area contributed by atoms with Crippen molar-refractivity contribution in [3.05, 3.63) is 41.2 Å². The maximum absolute atomic E-state index is 11.9. The number of thiophene rings is 1. The number of carbonyl (C=O) groups excluding carboxylic acids is 1. The molecule has 3 heterocycles. The van der Waals surface area contributed by atoms with Crippen LogP contribution in [-0.4, -0.2) is 40.6 Å². The molecule has 1 fully saturated rings. The maximum atomic E-state index is 11.9. The normalized spacial score (nSPS) is 18.8. The first-order chi connectivity index (χ1) is 12.5. The van der Waals surface area contributed by atoms with Crippen LogP contribution in [0.5, 0.6) is 0 Å². The number of nitrogens with zero attached hydrogens (tertiary/aromatic N) is 3. The number of aliphatic imine (C=N–C) groups is 1. The van der Waals surface area contributed by atoms with Crippen LogP contribution in [0.1, 0.15) is 30.7 Å². The summed E-state index contributed by atoms with van der Waals surface area (Å²) in [5.41, 5.74) is 3.17. The number of oxime groups is 1. The van der Waals surface area contributed by atoms with Gasteiger partial charge >= 0.3 is 5.97 Å². The summed E-state index contributed by atoms with van der Waals surface area (Å²) >= 11 is 1.26. The molecule has 1 atom stereocenters. The predicted molar refractivity (Wildman–Crippen MR) is 94.3 cm³/mol. The van der Waals surface area contributed by atoms with E-state index in [1.165, 1.54) is 30.4 Å². The van der Waals surface area contributed by atoms with E-state index in [1.807, 2.05) is 0 Å². The fourth-order valence-corrected chi connectivity index (χ4v) is 3.35. The van der Waals surface area contributed by atoms with Gasteiger partial charge in [-0.3, -0.25) is 10.2 Å². The minimum atomic E-state index is -1.19. The molecule has 1 amide bonds. The Morgan fingerprint density at radius 1 is 1.50 bits per heavy atom. The number of carboxylic acid groups (broad SMARTS) is 1. The molecule has 136 valence electrons. The molecule has 9 nitrogen and oxygen atoms in total. The minimum Gasteiger partial charge on any atom is -0.476 e. The van der Waals surface area contributed by atoms with E-state index in [0.29, 0.717) is 28.6 Å². The second-order valence-electron chi connectivity index (χ2n) is 5.40. The van der Waals surface area contributed by atoms with Gasteiger partial charge in [-0.15, -0.1) is 11.3 Å². The van der Waals surface area contributed by atoms with E-state index in [9.17, 15) is 14.7 Å². The summed E-state index contributed by atoms with van der Waals surface area (Å²) in [5.74, 6) is -0.118. The Morgan fingerprint density at radius 2 is 2.31 bits per heavy atom. The van der Waals surface area contributed by atoms with Gasteiger partial charge in [-0.05, 0) is 18.2 Å². The number of rotatable bonds is 5. The molecule has 10 heteroatoms. The van der Waals surface area contributed by atoms with Gasteiger partial charge in [0.05, 0.1) is 6.26 Å². The van der Waals surface area contributed by atoms with Gasteiger partial charge in [0.15, 0.2) is 5.71 Å². The number of furan rings is 1. The summed E-state index contributed by atoms with van der Waals surface area (Å²) < 4.78 is 5.40. The number of aliphatic carboxylic acids is 1. The Morgan fingerprint density at radius 3 is 2.92 bits per heavy atom. The van der Waals surface area contributed by atoms with Gasteiger partial charge in [0.1, 0.15) is 29.7 Å². The van der Waals surface area contributed by atoms with Crippen LogP contribution in [0.25, 0.3) is 0 Å². The molecule has 0 aliphatic carbocycles. The number of hydrogen-bond donors (Lipinski definition) is 2. The fourth-order valence-electron chi connectivity index (χ4n) is 2.56. The smallest absolute Gasteiger partial charge is 0.358 e. The van der Waals surface area contributed by atoms with Crippen LogP contribution in [0.3, 0.4) is 0 Å². The molecule has 1 aliphatic heterocycles. The van der Waals surface area contributed by atoms with Crippen LogP contribution < -0.4 is 5.43 Å². The van der Waals surface area contributed by atoms with Crippen molar-refractivity contribution in [2.75, 3.05) is 7.11 Å². The number of carboxylic acids is 1. The molecule has 1 saturated heterocycles. The monoisotopic (exact) mass is 376 g/mol. The number of amides is 1. The van der Waals surface area contributed by atoms with Gasteiger partial charge in [0.2, 0.25) is 5.91 Å². The zero-order chi connectivity index (χ0) is 18.7. The van der Waals surface area contributed by atoms with Crippen LogP contribution in [0.2, 0.25) is 0 Å². The van der Waals surface area contributed by atoms with Gasteiger partial charge in [-0.1, -0.05) is 5.16 Å². The topological polar surface area (TPSA) is 117 Å². The van der Waals surface area contributed by atoms with Crippen molar-refractivity contribution in [3.8, 4) is 0 Å². The molecule has 3 rings (SSSR count). The summed E-state index contributed by atoms with van der Waals surface area (Å²) in [6.45, 7) is 1.45. The van der Waals surface area contributed by atoms with Crippen molar-refractivity contribution >= 4 is 39.8 Å². The highest BCUT2D eigenvalue weighted by Gasteiger charge is 2.34. The average Bonchev–Trinajstić information content (AvgIpc) is 3.32.